The van der Waals surface area contributed by atoms with Gasteiger partial charge in [-0.05, 0) is 38.8 Å². The van der Waals surface area contributed by atoms with Crippen molar-refractivity contribution >= 4 is 0 Å². The predicted molar refractivity (Wildman–Crippen MR) is 58.4 cm³/mol. The fraction of sp³-hybridized carbons (Fsp3) is 1.00. The van der Waals surface area contributed by atoms with Gasteiger partial charge in [0, 0.05) is 0 Å². The van der Waals surface area contributed by atoms with E-state index in [0.717, 1.165) is 25.9 Å². The summed E-state index contributed by atoms with van der Waals surface area (Å²) in [5.41, 5.74) is 0. The second-order valence-electron chi connectivity index (χ2n) is 4.28. The predicted octanol–water partition coefficient (Wildman–Crippen LogP) is 2.68. The molecule has 0 heterocycles. The summed E-state index contributed by atoms with van der Waals surface area (Å²) in [4.78, 5) is 0. The minimum absolute atomic E-state index is 0.0696. The van der Waals surface area contributed by atoms with Crippen molar-refractivity contribution in [2.75, 3.05) is 19.7 Å². The van der Waals surface area contributed by atoms with E-state index in [1.54, 1.807) is 0 Å². The zero-order valence-electron chi connectivity index (χ0n) is 9.93. The summed E-state index contributed by atoms with van der Waals surface area (Å²) >= 11 is 0. The number of nitrogens with one attached hydrogen (secondary N) is 1. The number of halogens is 2. The Morgan fingerprint density at radius 1 is 1.20 bits per heavy atom. The third-order valence-corrected chi connectivity index (χ3v) is 2.02. The molecule has 1 unspecified atom stereocenters. The Hall–Kier alpha value is -0.220. The molecule has 0 radical (unpaired) electrons. The molecule has 0 bridgehead atoms. The van der Waals surface area contributed by atoms with Gasteiger partial charge in [-0.1, -0.05) is 13.8 Å². The quantitative estimate of drug-likeness (QED) is 0.607. The second-order valence-corrected chi connectivity index (χ2v) is 4.28. The Labute approximate surface area is 91.4 Å². The van der Waals surface area contributed by atoms with Crippen LogP contribution in [0.3, 0.4) is 0 Å². The Bertz CT molecular complexity index is 143. The summed E-state index contributed by atoms with van der Waals surface area (Å²) in [5.74, 6) is 0.650. The largest absolute Gasteiger partial charge is 0.373 e. The van der Waals surface area contributed by atoms with Crippen LogP contribution in [0.2, 0.25) is 0 Å². The van der Waals surface area contributed by atoms with E-state index >= 15 is 0 Å². The van der Waals surface area contributed by atoms with E-state index in [1.807, 2.05) is 6.92 Å². The molecule has 0 aliphatic carbocycles. The van der Waals surface area contributed by atoms with Crippen LogP contribution in [-0.2, 0) is 4.74 Å². The van der Waals surface area contributed by atoms with Gasteiger partial charge in [0.05, 0.1) is 6.10 Å². The van der Waals surface area contributed by atoms with Crippen molar-refractivity contribution in [3.63, 3.8) is 0 Å². The molecular weight excluding hydrogens is 200 g/mol. The normalized spacial score (nSPS) is 13.8. The molecule has 0 fully saturated rings. The van der Waals surface area contributed by atoms with Gasteiger partial charge in [-0.2, -0.15) is 0 Å². The van der Waals surface area contributed by atoms with E-state index in [9.17, 15) is 8.78 Å². The lowest BCUT2D eigenvalue weighted by Gasteiger charge is -2.13. The first-order valence-electron chi connectivity index (χ1n) is 5.62. The fourth-order valence-electron chi connectivity index (χ4n) is 1.23. The van der Waals surface area contributed by atoms with Gasteiger partial charge >= 0.3 is 0 Å². The van der Waals surface area contributed by atoms with Crippen LogP contribution in [0, 0.1) is 5.92 Å². The highest BCUT2D eigenvalue weighted by atomic mass is 19.3. The smallest absolute Gasteiger partial charge is 0.261 e. The van der Waals surface area contributed by atoms with Gasteiger partial charge in [-0.15, -0.1) is 0 Å². The molecule has 0 rings (SSSR count). The Kier molecular flexibility index (Phi) is 8.91. The lowest BCUT2D eigenvalue weighted by atomic mass is 10.2. The number of rotatable bonds is 9. The van der Waals surface area contributed by atoms with E-state index in [4.69, 9.17) is 4.74 Å². The third-order valence-electron chi connectivity index (χ3n) is 2.02. The standard InChI is InChI=1S/C11H23F2NO/c1-9(2)7-14-6-4-5-10(3)15-8-11(12)13/h9-11,14H,4-8H2,1-3H3. The zero-order chi connectivity index (χ0) is 11.7. The number of hydrogen-bond acceptors (Lipinski definition) is 2. The molecule has 2 nitrogen and oxygen atoms in total. The number of hydrogen-bond donors (Lipinski definition) is 1. The van der Waals surface area contributed by atoms with Gasteiger partial charge in [0.1, 0.15) is 6.61 Å². The van der Waals surface area contributed by atoms with Crippen molar-refractivity contribution in [1.82, 2.24) is 5.32 Å². The number of ether oxygens (including phenoxy) is 1. The maximum Gasteiger partial charge on any atom is 0.261 e. The molecule has 0 spiro atoms. The molecule has 0 aromatic heterocycles. The molecule has 0 aliphatic rings. The van der Waals surface area contributed by atoms with Crippen LogP contribution >= 0.6 is 0 Å². The summed E-state index contributed by atoms with van der Waals surface area (Å²) in [6.07, 6.45) is -0.624. The molecule has 4 heteroatoms. The summed E-state index contributed by atoms with van der Waals surface area (Å²) in [6, 6.07) is 0. The van der Waals surface area contributed by atoms with Crippen molar-refractivity contribution in [1.29, 1.82) is 0 Å². The van der Waals surface area contributed by atoms with Crippen LogP contribution < -0.4 is 5.32 Å². The zero-order valence-corrected chi connectivity index (χ0v) is 9.93. The maximum absolute atomic E-state index is 11.8. The summed E-state index contributed by atoms with van der Waals surface area (Å²) < 4.78 is 28.5. The molecule has 0 saturated carbocycles. The molecule has 0 saturated heterocycles. The summed E-state index contributed by atoms with van der Waals surface area (Å²) in [5, 5.41) is 3.30. The maximum atomic E-state index is 11.8. The van der Waals surface area contributed by atoms with Gasteiger partial charge in [0.25, 0.3) is 6.43 Å². The SMILES string of the molecule is CC(C)CNCCCC(C)OCC(F)F. The van der Waals surface area contributed by atoms with Crippen LogP contribution in [0.25, 0.3) is 0 Å². The molecule has 15 heavy (non-hydrogen) atoms. The van der Waals surface area contributed by atoms with Crippen molar-refractivity contribution in [2.45, 2.75) is 46.1 Å². The Morgan fingerprint density at radius 3 is 2.40 bits per heavy atom. The highest BCUT2D eigenvalue weighted by Gasteiger charge is 2.07. The topological polar surface area (TPSA) is 21.3 Å². The number of alkyl halides is 2. The fourth-order valence-corrected chi connectivity index (χ4v) is 1.23. The van der Waals surface area contributed by atoms with Gasteiger partial charge in [-0.3, -0.25) is 0 Å². The lowest BCUT2D eigenvalue weighted by molar-refractivity contribution is -0.0202. The molecule has 0 aromatic rings. The lowest BCUT2D eigenvalue weighted by Crippen LogP contribution is -2.22. The minimum atomic E-state index is -2.36. The van der Waals surface area contributed by atoms with Gasteiger partial charge < -0.3 is 10.1 Å². The first kappa shape index (κ1) is 14.8. The van der Waals surface area contributed by atoms with E-state index in [2.05, 4.69) is 19.2 Å². The van der Waals surface area contributed by atoms with Crippen molar-refractivity contribution < 1.29 is 13.5 Å². The molecule has 1 N–H and O–H groups in total. The Balaban J connectivity index is 3.20. The van der Waals surface area contributed by atoms with Crippen LogP contribution in [0.15, 0.2) is 0 Å². The molecule has 0 aliphatic heterocycles. The molecule has 1 atom stereocenters. The molecular formula is C11H23F2NO. The highest BCUT2D eigenvalue weighted by Crippen LogP contribution is 2.03. The van der Waals surface area contributed by atoms with Gasteiger partial charge in [0.2, 0.25) is 0 Å². The molecule has 0 aromatic carbocycles. The average molecular weight is 223 g/mol. The van der Waals surface area contributed by atoms with Crippen molar-refractivity contribution in [3.8, 4) is 0 Å². The minimum Gasteiger partial charge on any atom is -0.373 e. The second kappa shape index (κ2) is 9.04. The van der Waals surface area contributed by atoms with Gasteiger partial charge in [0.15, 0.2) is 0 Å². The first-order valence-corrected chi connectivity index (χ1v) is 5.62. The van der Waals surface area contributed by atoms with E-state index in [1.165, 1.54) is 0 Å². The van der Waals surface area contributed by atoms with Crippen LogP contribution in [0.5, 0.6) is 0 Å². The van der Waals surface area contributed by atoms with Crippen LogP contribution in [-0.4, -0.2) is 32.2 Å². The first-order chi connectivity index (χ1) is 7.02. The van der Waals surface area contributed by atoms with E-state index in [-0.39, 0.29) is 6.10 Å². The Morgan fingerprint density at radius 2 is 1.87 bits per heavy atom. The van der Waals surface area contributed by atoms with Crippen LogP contribution in [0.4, 0.5) is 8.78 Å². The van der Waals surface area contributed by atoms with Crippen molar-refractivity contribution in [2.24, 2.45) is 5.92 Å². The van der Waals surface area contributed by atoms with E-state index < -0.39 is 13.0 Å². The van der Waals surface area contributed by atoms with Crippen LogP contribution in [0.1, 0.15) is 33.6 Å². The van der Waals surface area contributed by atoms with Gasteiger partial charge in [-0.25, -0.2) is 8.78 Å². The van der Waals surface area contributed by atoms with E-state index in [0.29, 0.717) is 5.92 Å². The molecule has 0 amide bonds. The molecule has 92 valence electrons. The van der Waals surface area contributed by atoms with Crippen molar-refractivity contribution in [3.05, 3.63) is 0 Å². The average Bonchev–Trinajstić information content (AvgIpc) is 2.13. The highest BCUT2D eigenvalue weighted by molar-refractivity contribution is 4.55. The monoisotopic (exact) mass is 223 g/mol. The summed E-state index contributed by atoms with van der Waals surface area (Å²) in [7, 11) is 0. The summed E-state index contributed by atoms with van der Waals surface area (Å²) in [6.45, 7) is 7.64. The third kappa shape index (κ3) is 11.7.